The Kier molecular flexibility index (Phi) is 2.12. The molecule has 53 valence electrons. The Morgan fingerprint density at radius 2 is 2.20 bits per heavy atom. The number of rotatable bonds is 1. The van der Waals surface area contributed by atoms with Gasteiger partial charge in [-0.3, -0.25) is 0 Å². The van der Waals surface area contributed by atoms with Gasteiger partial charge in [0.2, 0.25) is 0 Å². The lowest BCUT2D eigenvalue weighted by atomic mass is 10.3. The van der Waals surface area contributed by atoms with E-state index in [1.807, 2.05) is 0 Å². The third-order valence-corrected chi connectivity index (χ3v) is 1.36. The van der Waals surface area contributed by atoms with Crippen LogP contribution in [0.1, 0.15) is 0 Å². The molecule has 0 heterocycles. The third-order valence-electron chi connectivity index (χ3n) is 1.06. The zero-order chi connectivity index (χ0) is 7.56. The lowest BCUT2D eigenvalue weighted by Crippen LogP contribution is -1.81. The highest BCUT2D eigenvalue weighted by Gasteiger charge is 1.98. The van der Waals surface area contributed by atoms with Crippen molar-refractivity contribution in [3.8, 4) is 5.75 Å². The van der Waals surface area contributed by atoms with Gasteiger partial charge in [0, 0.05) is 6.07 Å². The highest BCUT2D eigenvalue weighted by molar-refractivity contribution is 6.30. The fourth-order valence-corrected chi connectivity index (χ4v) is 0.684. The van der Waals surface area contributed by atoms with Crippen molar-refractivity contribution >= 4 is 11.6 Å². The molecule has 0 unspecified atom stereocenters. The van der Waals surface area contributed by atoms with Gasteiger partial charge in [-0.05, 0) is 12.1 Å². The molecule has 1 radical (unpaired) electrons. The van der Waals surface area contributed by atoms with Crippen LogP contribution < -0.4 is 4.74 Å². The minimum atomic E-state index is -0.497. The number of halogens is 2. The molecule has 0 bridgehead atoms. The van der Waals surface area contributed by atoms with Crippen molar-refractivity contribution in [3.63, 3.8) is 0 Å². The van der Waals surface area contributed by atoms with Gasteiger partial charge in [0.25, 0.3) is 0 Å². The summed E-state index contributed by atoms with van der Waals surface area (Å²) in [7, 11) is 3.12. The van der Waals surface area contributed by atoms with Crippen molar-refractivity contribution in [2.24, 2.45) is 0 Å². The van der Waals surface area contributed by atoms with Gasteiger partial charge in [-0.1, -0.05) is 11.6 Å². The summed E-state index contributed by atoms with van der Waals surface area (Å²) in [5, 5.41) is 0.0841. The van der Waals surface area contributed by atoms with E-state index in [-0.39, 0.29) is 5.02 Å². The van der Waals surface area contributed by atoms with E-state index in [1.165, 1.54) is 12.1 Å². The van der Waals surface area contributed by atoms with E-state index < -0.39 is 5.82 Å². The molecule has 0 spiro atoms. The summed E-state index contributed by atoms with van der Waals surface area (Å²) in [6.45, 7) is 0. The molecule has 0 saturated carbocycles. The summed E-state index contributed by atoms with van der Waals surface area (Å²) < 4.78 is 17.0. The predicted molar refractivity (Wildman–Crippen MR) is 37.4 cm³/mol. The largest absolute Gasteiger partial charge is 0.490 e. The van der Waals surface area contributed by atoms with Crippen molar-refractivity contribution in [2.45, 2.75) is 0 Å². The maximum atomic E-state index is 12.5. The number of ether oxygens (including phenoxy) is 1. The first-order chi connectivity index (χ1) is 4.74. The fourth-order valence-electron chi connectivity index (χ4n) is 0.567. The van der Waals surface area contributed by atoms with Gasteiger partial charge in [-0.15, -0.1) is 0 Å². The third kappa shape index (κ3) is 1.39. The molecule has 1 nitrogen and oxygen atoms in total. The van der Waals surface area contributed by atoms with Crippen LogP contribution in [-0.2, 0) is 0 Å². The van der Waals surface area contributed by atoms with Crippen molar-refractivity contribution in [1.29, 1.82) is 0 Å². The van der Waals surface area contributed by atoms with Crippen LogP contribution in [0.25, 0.3) is 0 Å². The van der Waals surface area contributed by atoms with Gasteiger partial charge in [0.05, 0.1) is 5.02 Å². The van der Waals surface area contributed by atoms with Crippen molar-refractivity contribution in [2.75, 3.05) is 0 Å². The first-order valence-corrected chi connectivity index (χ1v) is 2.99. The van der Waals surface area contributed by atoms with Gasteiger partial charge in [0.1, 0.15) is 18.7 Å². The fraction of sp³-hybridized carbons (Fsp3) is 0. The Balaban J connectivity index is 3.04. The second kappa shape index (κ2) is 2.88. The highest BCUT2D eigenvalue weighted by Crippen LogP contribution is 2.19. The van der Waals surface area contributed by atoms with Crippen LogP contribution in [0.5, 0.6) is 5.75 Å². The minimum absolute atomic E-state index is 0.0841. The van der Waals surface area contributed by atoms with Gasteiger partial charge in [-0.25, -0.2) is 4.39 Å². The van der Waals surface area contributed by atoms with Crippen LogP contribution in [0, 0.1) is 12.9 Å². The number of hydrogen-bond acceptors (Lipinski definition) is 1. The summed E-state index contributed by atoms with van der Waals surface area (Å²) in [6, 6.07) is 4.13. The van der Waals surface area contributed by atoms with Gasteiger partial charge < -0.3 is 4.74 Å². The second-order valence-corrected chi connectivity index (χ2v) is 2.13. The van der Waals surface area contributed by atoms with Crippen molar-refractivity contribution in [1.82, 2.24) is 0 Å². The van der Waals surface area contributed by atoms with E-state index in [2.05, 4.69) is 11.8 Å². The van der Waals surface area contributed by atoms with E-state index in [9.17, 15) is 4.39 Å². The molecule has 0 aliphatic carbocycles. The van der Waals surface area contributed by atoms with Crippen LogP contribution in [0.3, 0.4) is 0 Å². The monoisotopic (exact) mass is 159 g/mol. The zero-order valence-electron chi connectivity index (χ0n) is 5.10. The van der Waals surface area contributed by atoms with Gasteiger partial charge in [0.15, 0.2) is 0 Å². The normalized spacial score (nSPS) is 9.50. The summed E-state index contributed by atoms with van der Waals surface area (Å²) in [5.41, 5.74) is 0. The molecule has 0 N–H and O–H groups in total. The Morgan fingerprint density at radius 1 is 1.50 bits per heavy atom. The van der Waals surface area contributed by atoms with E-state index in [0.29, 0.717) is 5.75 Å². The average molecular weight is 160 g/mol. The van der Waals surface area contributed by atoms with E-state index in [4.69, 9.17) is 11.6 Å². The Labute approximate surface area is 63.4 Å². The second-order valence-electron chi connectivity index (χ2n) is 1.72. The molecule has 1 aromatic rings. The summed E-state index contributed by atoms with van der Waals surface area (Å²) in [4.78, 5) is 0. The lowest BCUT2D eigenvalue weighted by Gasteiger charge is -1.98. The molecular weight excluding hydrogens is 155 g/mol. The minimum Gasteiger partial charge on any atom is -0.490 e. The van der Waals surface area contributed by atoms with Crippen LogP contribution in [0.4, 0.5) is 4.39 Å². The molecule has 0 fully saturated rings. The molecule has 0 amide bonds. The first-order valence-electron chi connectivity index (χ1n) is 2.61. The SMILES string of the molecule is [CH2]Oc1ccc(Cl)c(F)c1. The Morgan fingerprint density at radius 3 is 2.70 bits per heavy atom. The Hall–Kier alpha value is -0.760. The zero-order valence-corrected chi connectivity index (χ0v) is 5.86. The molecule has 3 heteroatoms. The molecule has 0 atom stereocenters. The van der Waals surface area contributed by atoms with Crippen LogP contribution in [0.15, 0.2) is 18.2 Å². The van der Waals surface area contributed by atoms with Crippen LogP contribution in [-0.4, -0.2) is 0 Å². The molecule has 0 saturated heterocycles. The van der Waals surface area contributed by atoms with E-state index in [1.54, 1.807) is 6.07 Å². The molecule has 0 aliphatic rings. The molecular formula is C7H5ClFO. The number of benzene rings is 1. The van der Waals surface area contributed by atoms with Gasteiger partial charge in [-0.2, -0.15) is 0 Å². The van der Waals surface area contributed by atoms with Crippen LogP contribution in [0.2, 0.25) is 5.02 Å². The predicted octanol–water partition coefficient (Wildman–Crippen LogP) is 2.65. The smallest absolute Gasteiger partial charge is 0.145 e. The van der Waals surface area contributed by atoms with Crippen molar-refractivity contribution in [3.05, 3.63) is 36.1 Å². The Bertz CT molecular complexity index is 237. The average Bonchev–Trinajstić information content (AvgIpc) is 1.95. The molecule has 10 heavy (non-hydrogen) atoms. The topological polar surface area (TPSA) is 9.23 Å². The van der Waals surface area contributed by atoms with E-state index >= 15 is 0 Å². The summed E-state index contributed by atoms with van der Waals surface area (Å²) in [6.07, 6.45) is 0. The lowest BCUT2D eigenvalue weighted by molar-refractivity contribution is 0.467. The van der Waals surface area contributed by atoms with Gasteiger partial charge >= 0.3 is 0 Å². The number of hydrogen-bond donors (Lipinski definition) is 0. The standard InChI is InChI=1S/C7H5ClFO/c1-10-5-2-3-6(8)7(9)4-5/h2-4H,1H2. The van der Waals surface area contributed by atoms with Crippen molar-refractivity contribution < 1.29 is 9.13 Å². The maximum absolute atomic E-state index is 12.5. The molecule has 0 aliphatic heterocycles. The first kappa shape index (κ1) is 7.35. The maximum Gasteiger partial charge on any atom is 0.145 e. The highest BCUT2D eigenvalue weighted by atomic mass is 35.5. The molecule has 1 aromatic carbocycles. The quantitative estimate of drug-likeness (QED) is 0.612. The van der Waals surface area contributed by atoms with E-state index in [0.717, 1.165) is 0 Å². The van der Waals surface area contributed by atoms with Crippen LogP contribution >= 0.6 is 11.6 Å². The molecule has 0 aromatic heterocycles. The molecule has 1 rings (SSSR count). The summed E-state index contributed by atoms with van der Waals surface area (Å²) >= 11 is 5.39. The summed E-state index contributed by atoms with van der Waals surface area (Å²) in [5.74, 6) is -0.135.